The average Bonchev–Trinajstić information content (AvgIpc) is 2.35. The van der Waals surface area contributed by atoms with Crippen LogP contribution < -0.4 is 5.73 Å². The maximum absolute atomic E-state index is 11.3. The third kappa shape index (κ3) is 8.41. The predicted octanol–water partition coefficient (Wildman–Crippen LogP) is 0.337. The van der Waals surface area contributed by atoms with Gasteiger partial charge in [0, 0.05) is 26.9 Å². The summed E-state index contributed by atoms with van der Waals surface area (Å²) in [6.45, 7) is 4.42. The van der Waals surface area contributed by atoms with E-state index < -0.39 is 11.5 Å². The first-order valence-electron chi connectivity index (χ1n) is 6.06. The van der Waals surface area contributed by atoms with Crippen LogP contribution in [0.25, 0.3) is 0 Å². The second kappa shape index (κ2) is 10.3. The molecule has 0 radical (unpaired) electrons. The number of carbonyl (C=O) groups is 1. The molecule has 0 aromatic heterocycles. The van der Waals surface area contributed by atoms with E-state index >= 15 is 0 Å². The maximum Gasteiger partial charge on any atom is 0.325 e. The molecule has 0 rings (SSSR count). The Morgan fingerprint density at radius 1 is 1.06 bits per heavy atom. The fourth-order valence-corrected chi connectivity index (χ4v) is 1.25. The number of nitrogens with two attached hydrogens (primary N) is 1. The summed E-state index contributed by atoms with van der Waals surface area (Å²) < 4.78 is 20.1. The van der Waals surface area contributed by atoms with Crippen LogP contribution in [0.1, 0.15) is 19.8 Å². The number of hydrogen-bond donors (Lipinski definition) is 1. The molecule has 0 spiro atoms. The van der Waals surface area contributed by atoms with Crippen LogP contribution in [-0.4, -0.2) is 58.8 Å². The molecule has 6 heteroatoms. The van der Waals surface area contributed by atoms with Crippen LogP contribution in [0.4, 0.5) is 0 Å². The number of ether oxygens (including phenoxy) is 4. The van der Waals surface area contributed by atoms with Crippen LogP contribution in [-0.2, 0) is 23.7 Å². The highest BCUT2D eigenvalue weighted by Crippen LogP contribution is 2.07. The van der Waals surface area contributed by atoms with E-state index in [1.165, 1.54) is 7.11 Å². The molecule has 0 amide bonds. The van der Waals surface area contributed by atoms with Crippen LogP contribution in [0.15, 0.2) is 0 Å². The topological polar surface area (TPSA) is 80.0 Å². The van der Waals surface area contributed by atoms with E-state index in [0.29, 0.717) is 39.5 Å². The van der Waals surface area contributed by atoms with E-state index in [4.69, 9.17) is 19.9 Å². The van der Waals surface area contributed by atoms with Crippen molar-refractivity contribution in [3.05, 3.63) is 0 Å². The number of carbonyl (C=O) groups excluding carboxylic acids is 1. The normalized spacial score (nSPS) is 14.2. The van der Waals surface area contributed by atoms with Crippen LogP contribution in [0.2, 0.25) is 0 Å². The summed E-state index contributed by atoms with van der Waals surface area (Å²) in [6.07, 6.45) is 1.29. The zero-order chi connectivity index (χ0) is 13.9. The lowest BCUT2D eigenvalue weighted by atomic mass is 10.0. The molecule has 0 saturated heterocycles. The molecule has 0 fully saturated rings. The highest BCUT2D eigenvalue weighted by Gasteiger charge is 2.28. The van der Waals surface area contributed by atoms with Crippen molar-refractivity contribution in [1.29, 1.82) is 0 Å². The molecule has 0 heterocycles. The molecule has 0 aliphatic heterocycles. The lowest BCUT2D eigenvalue weighted by Crippen LogP contribution is -2.46. The number of rotatable bonds is 11. The molecule has 0 aliphatic carbocycles. The molecule has 1 atom stereocenters. The number of hydrogen-bond acceptors (Lipinski definition) is 6. The Morgan fingerprint density at radius 3 is 2.22 bits per heavy atom. The molecule has 0 aliphatic rings. The van der Waals surface area contributed by atoms with Gasteiger partial charge in [-0.25, -0.2) is 0 Å². The minimum atomic E-state index is -0.992. The zero-order valence-corrected chi connectivity index (χ0v) is 11.6. The number of methoxy groups -OCH3 is 2. The van der Waals surface area contributed by atoms with Crippen LogP contribution in [0.5, 0.6) is 0 Å². The molecule has 18 heavy (non-hydrogen) atoms. The molecular weight excluding hydrogens is 238 g/mol. The van der Waals surface area contributed by atoms with Gasteiger partial charge in [0.15, 0.2) is 0 Å². The Hall–Kier alpha value is -0.690. The van der Waals surface area contributed by atoms with E-state index in [0.717, 1.165) is 6.42 Å². The monoisotopic (exact) mass is 263 g/mol. The summed E-state index contributed by atoms with van der Waals surface area (Å²) in [6, 6.07) is 0. The average molecular weight is 263 g/mol. The van der Waals surface area contributed by atoms with Crippen molar-refractivity contribution < 1.29 is 23.7 Å². The van der Waals surface area contributed by atoms with Gasteiger partial charge in [0.1, 0.15) is 5.54 Å². The van der Waals surface area contributed by atoms with Gasteiger partial charge in [-0.15, -0.1) is 0 Å². The number of esters is 1. The van der Waals surface area contributed by atoms with Gasteiger partial charge in [-0.1, -0.05) is 0 Å². The van der Waals surface area contributed by atoms with E-state index in [2.05, 4.69) is 4.74 Å². The van der Waals surface area contributed by atoms with E-state index in [1.807, 2.05) is 0 Å². The molecule has 0 aromatic rings. The van der Waals surface area contributed by atoms with Gasteiger partial charge in [-0.2, -0.15) is 0 Å². The first kappa shape index (κ1) is 17.3. The van der Waals surface area contributed by atoms with Gasteiger partial charge in [0.25, 0.3) is 0 Å². The molecular formula is C12H25NO5. The molecule has 0 bridgehead atoms. The minimum Gasteiger partial charge on any atom is -0.468 e. The van der Waals surface area contributed by atoms with E-state index in [9.17, 15) is 4.79 Å². The van der Waals surface area contributed by atoms with Gasteiger partial charge in [0.05, 0.1) is 20.3 Å². The highest BCUT2D eigenvalue weighted by atomic mass is 16.5. The van der Waals surface area contributed by atoms with Gasteiger partial charge < -0.3 is 24.7 Å². The first-order valence-corrected chi connectivity index (χ1v) is 6.06. The van der Waals surface area contributed by atoms with Crippen molar-refractivity contribution in [2.24, 2.45) is 5.73 Å². The van der Waals surface area contributed by atoms with Crippen LogP contribution in [0.3, 0.4) is 0 Å². The molecule has 6 nitrogen and oxygen atoms in total. The molecule has 0 aromatic carbocycles. The molecule has 108 valence electrons. The second-order valence-corrected chi connectivity index (χ2v) is 4.23. The summed E-state index contributed by atoms with van der Waals surface area (Å²) in [4.78, 5) is 11.3. The molecule has 2 N–H and O–H groups in total. The van der Waals surface area contributed by atoms with Crippen molar-refractivity contribution in [3.8, 4) is 0 Å². The summed E-state index contributed by atoms with van der Waals surface area (Å²) in [7, 11) is 2.98. The SMILES string of the molecule is COCCCOCCOCCC(C)(N)C(=O)OC. The smallest absolute Gasteiger partial charge is 0.325 e. The third-order valence-electron chi connectivity index (χ3n) is 2.43. The predicted molar refractivity (Wildman–Crippen MR) is 67.4 cm³/mol. The summed E-state index contributed by atoms with van der Waals surface area (Å²) in [5, 5.41) is 0. The molecule has 0 saturated carbocycles. The summed E-state index contributed by atoms with van der Waals surface area (Å²) >= 11 is 0. The summed E-state index contributed by atoms with van der Waals surface area (Å²) in [5.74, 6) is -0.429. The first-order chi connectivity index (χ1) is 8.54. The zero-order valence-electron chi connectivity index (χ0n) is 11.6. The molecule has 1 unspecified atom stereocenters. The highest BCUT2D eigenvalue weighted by molar-refractivity contribution is 5.79. The Bertz CT molecular complexity index is 221. The van der Waals surface area contributed by atoms with Crippen molar-refractivity contribution in [1.82, 2.24) is 0 Å². The van der Waals surface area contributed by atoms with Gasteiger partial charge in [-0.05, 0) is 19.8 Å². The van der Waals surface area contributed by atoms with Crippen LogP contribution >= 0.6 is 0 Å². The Labute approximate surface area is 109 Å². The van der Waals surface area contributed by atoms with Gasteiger partial charge >= 0.3 is 5.97 Å². The maximum atomic E-state index is 11.3. The van der Waals surface area contributed by atoms with Crippen molar-refractivity contribution in [3.63, 3.8) is 0 Å². The van der Waals surface area contributed by atoms with Crippen molar-refractivity contribution in [2.45, 2.75) is 25.3 Å². The standard InChI is InChI=1S/C12H25NO5/c1-12(13,11(14)16-3)5-8-18-10-9-17-7-4-6-15-2/h4-10,13H2,1-3H3. The van der Waals surface area contributed by atoms with Gasteiger partial charge in [0.2, 0.25) is 0 Å². The fourth-order valence-electron chi connectivity index (χ4n) is 1.25. The van der Waals surface area contributed by atoms with Crippen molar-refractivity contribution >= 4 is 5.97 Å². The summed E-state index contributed by atoms with van der Waals surface area (Å²) in [5.41, 5.74) is 4.77. The lowest BCUT2D eigenvalue weighted by Gasteiger charge is -2.20. The van der Waals surface area contributed by atoms with E-state index in [1.54, 1.807) is 14.0 Å². The lowest BCUT2D eigenvalue weighted by molar-refractivity contribution is -0.147. The van der Waals surface area contributed by atoms with Crippen LogP contribution in [0, 0.1) is 0 Å². The Kier molecular flexibility index (Phi) is 9.86. The fraction of sp³-hybridized carbons (Fsp3) is 0.917. The Balaban J connectivity index is 3.37. The Morgan fingerprint density at radius 2 is 1.67 bits per heavy atom. The third-order valence-corrected chi connectivity index (χ3v) is 2.43. The largest absolute Gasteiger partial charge is 0.468 e. The van der Waals surface area contributed by atoms with Crippen molar-refractivity contribution in [2.75, 3.05) is 47.3 Å². The van der Waals surface area contributed by atoms with E-state index in [-0.39, 0.29) is 0 Å². The minimum absolute atomic E-state index is 0.406. The quantitative estimate of drug-likeness (QED) is 0.427. The second-order valence-electron chi connectivity index (χ2n) is 4.23. The van der Waals surface area contributed by atoms with Gasteiger partial charge in [-0.3, -0.25) is 4.79 Å².